The van der Waals surface area contributed by atoms with Gasteiger partial charge >= 0.3 is 0 Å². The van der Waals surface area contributed by atoms with Crippen molar-refractivity contribution in [2.45, 2.75) is 18.9 Å². The van der Waals surface area contributed by atoms with E-state index in [9.17, 15) is 9.18 Å². The van der Waals surface area contributed by atoms with Crippen LogP contribution in [0.15, 0.2) is 18.2 Å². The molecule has 1 aliphatic rings. The summed E-state index contributed by atoms with van der Waals surface area (Å²) >= 11 is 0. The number of nitrogens with one attached hydrogen (secondary N) is 1. The van der Waals surface area contributed by atoms with Crippen molar-refractivity contribution in [1.82, 2.24) is 5.32 Å². The highest BCUT2D eigenvalue weighted by Gasteiger charge is 2.23. The fourth-order valence-electron chi connectivity index (χ4n) is 1.27. The third-order valence-corrected chi connectivity index (χ3v) is 2.26. The van der Waals surface area contributed by atoms with Gasteiger partial charge in [0.25, 0.3) is 5.91 Å². The first kappa shape index (κ1) is 10.7. The van der Waals surface area contributed by atoms with Gasteiger partial charge in [-0.3, -0.25) is 4.79 Å². The number of carbonyl (C=O) groups excluding carboxylic acids is 1. The fraction of sp³-hybridized carbons (Fsp3) is 0.364. The maximum atomic E-state index is 13.2. The molecule has 0 unspecified atom stereocenters. The Hall–Kier alpha value is -1.78. The van der Waals surface area contributed by atoms with Crippen LogP contribution in [-0.4, -0.2) is 18.6 Å². The molecule has 1 saturated carbocycles. The monoisotopic (exact) mass is 224 g/mol. The van der Waals surface area contributed by atoms with Crippen molar-refractivity contribution in [1.29, 1.82) is 0 Å². The lowest BCUT2D eigenvalue weighted by Crippen LogP contribution is -2.30. The number of amides is 1. The van der Waals surface area contributed by atoms with Crippen LogP contribution >= 0.6 is 0 Å². The summed E-state index contributed by atoms with van der Waals surface area (Å²) in [5.74, 6) is -0.738. The Bertz CT molecular complexity index is 405. The number of hydrogen-bond donors (Lipinski definition) is 2. The van der Waals surface area contributed by atoms with Crippen LogP contribution in [0.1, 0.15) is 12.8 Å². The summed E-state index contributed by atoms with van der Waals surface area (Å²) in [5, 5.41) is 2.74. The van der Waals surface area contributed by atoms with Gasteiger partial charge in [-0.1, -0.05) is 0 Å². The molecule has 2 rings (SSSR count). The molecule has 0 atom stereocenters. The molecule has 0 radical (unpaired) electrons. The average molecular weight is 224 g/mol. The molecular weight excluding hydrogens is 211 g/mol. The lowest BCUT2D eigenvalue weighted by Gasteiger charge is -2.07. The second kappa shape index (κ2) is 4.38. The first-order valence-corrected chi connectivity index (χ1v) is 5.12. The first-order valence-electron chi connectivity index (χ1n) is 5.12. The van der Waals surface area contributed by atoms with Crippen LogP contribution in [0.4, 0.5) is 10.1 Å². The minimum absolute atomic E-state index is 0.0418. The summed E-state index contributed by atoms with van der Waals surface area (Å²) in [4.78, 5) is 11.3. The van der Waals surface area contributed by atoms with Crippen LogP contribution in [0.25, 0.3) is 0 Å². The van der Waals surface area contributed by atoms with Gasteiger partial charge in [0.05, 0.1) is 0 Å². The highest BCUT2D eigenvalue weighted by Crippen LogP contribution is 2.20. The Balaban J connectivity index is 1.85. The van der Waals surface area contributed by atoms with Gasteiger partial charge in [-0.05, 0) is 25.0 Å². The lowest BCUT2D eigenvalue weighted by molar-refractivity contribution is -0.123. The topological polar surface area (TPSA) is 64.3 Å². The number of carbonyl (C=O) groups is 1. The molecule has 0 aliphatic heterocycles. The summed E-state index contributed by atoms with van der Waals surface area (Å²) in [7, 11) is 0. The Labute approximate surface area is 92.6 Å². The van der Waals surface area contributed by atoms with E-state index in [1.165, 1.54) is 12.1 Å². The highest BCUT2D eigenvalue weighted by atomic mass is 19.1. The Morgan fingerprint density at radius 3 is 2.94 bits per heavy atom. The molecule has 1 aliphatic carbocycles. The Morgan fingerprint density at radius 2 is 2.31 bits per heavy atom. The highest BCUT2D eigenvalue weighted by molar-refractivity contribution is 5.78. The number of benzene rings is 1. The molecule has 1 amide bonds. The maximum Gasteiger partial charge on any atom is 0.258 e. The predicted molar refractivity (Wildman–Crippen MR) is 57.5 cm³/mol. The van der Waals surface area contributed by atoms with Crippen LogP contribution in [-0.2, 0) is 4.79 Å². The summed E-state index contributed by atoms with van der Waals surface area (Å²) in [6.45, 7) is -0.169. The minimum Gasteiger partial charge on any atom is -0.481 e. The number of nitrogen functional groups attached to an aromatic ring is 1. The van der Waals surface area contributed by atoms with E-state index >= 15 is 0 Å². The van der Waals surface area contributed by atoms with Crippen LogP contribution < -0.4 is 15.8 Å². The predicted octanol–water partition coefficient (Wildman–Crippen LogP) is 1.07. The lowest BCUT2D eigenvalue weighted by atomic mass is 10.3. The van der Waals surface area contributed by atoms with Crippen LogP contribution in [0, 0.1) is 5.82 Å². The van der Waals surface area contributed by atoms with Crippen molar-refractivity contribution < 1.29 is 13.9 Å². The second-order valence-corrected chi connectivity index (χ2v) is 3.82. The number of ether oxygens (including phenoxy) is 1. The fourth-order valence-corrected chi connectivity index (χ4v) is 1.27. The van der Waals surface area contributed by atoms with Gasteiger partial charge in [-0.25, -0.2) is 4.39 Å². The zero-order valence-corrected chi connectivity index (χ0v) is 8.70. The van der Waals surface area contributed by atoms with Crippen LogP contribution in [0.3, 0.4) is 0 Å². The van der Waals surface area contributed by atoms with E-state index in [-0.39, 0.29) is 24.3 Å². The Kier molecular flexibility index (Phi) is 2.94. The SMILES string of the molecule is Nc1ccc(OCC(=O)NC2CC2)c(F)c1. The van der Waals surface area contributed by atoms with E-state index in [1.54, 1.807) is 0 Å². The molecule has 0 saturated heterocycles. The summed E-state index contributed by atoms with van der Waals surface area (Å²) in [6, 6.07) is 4.38. The van der Waals surface area contributed by atoms with Gasteiger partial charge in [0.15, 0.2) is 18.2 Å². The van der Waals surface area contributed by atoms with E-state index in [4.69, 9.17) is 10.5 Å². The number of nitrogens with two attached hydrogens (primary N) is 1. The van der Waals surface area contributed by atoms with Gasteiger partial charge in [0.1, 0.15) is 0 Å². The molecule has 16 heavy (non-hydrogen) atoms. The van der Waals surface area contributed by atoms with E-state index in [2.05, 4.69) is 5.32 Å². The van der Waals surface area contributed by atoms with E-state index in [0.29, 0.717) is 5.69 Å². The third kappa shape index (κ3) is 2.85. The number of anilines is 1. The molecule has 0 spiro atoms. The molecule has 86 valence electrons. The van der Waals surface area contributed by atoms with Gasteiger partial charge in [0, 0.05) is 17.8 Å². The van der Waals surface area contributed by atoms with Crippen LogP contribution in [0.2, 0.25) is 0 Å². The van der Waals surface area contributed by atoms with Crippen molar-refractivity contribution >= 4 is 11.6 Å². The first-order chi connectivity index (χ1) is 7.65. The van der Waals surface area contributed by atoms with Crippen LogP contribution in [0.5, 0.6) is 5.75 Å². The molecule has 0 heterocycles. The van der Waals surface area contributed by atoms with Gasteiger partial charge in [0.2, 0.25) is 0 Å². The maximum absolute atomic E-state index is 13.2. The number of hydrogen-bond acceptors (Lipinski definition) is 3. The number of rotatable bonds is 4. The minimum atomic E-state index is -0.556. The summed E-state index contributed by atoms with van der Waals surface area (Å²) < 4.78 is 18.3. The molecule has 1 fully saturated rings. The smallest absolute Gasteiger partial charge is 0.258 e. The zero-order chi connectivity index (χ0) is 11.5. The molecule has 3 N–H and O–H groups in total. The van der Waals surface area contributed by atoms with E-state index < -0.39 is 5.82 Å². The third-order valence-electron chi connectivity index (χ3n) is 2.26. The van der Waals surface area contributed by atoms with E-state index in [0.717, 1.165) is 18.9 Å². The molecule has 1 aromatic carbocycles. The van der Waals surface area contributed by atoms with Gasteiger partial charge in [-0.2, -0.15) is 0 Å². The molecular formula is C11H13FN2O2. The molecule has 0 bridgehead atoms. The van der Waals surface area contributed by atoms with Crippen molar-refractivity contribution in [3.8, 4) is 5.75 Å². The quantitative estimate of drug-likeness (QED) is 0.752. The molecule has 5 heteroatoms. The standard InChI is InChI=1S/C11H13FN2O2/c12-9-5-7(13)1-4-10(9)16-6-11(15)14-8-2-3-8/h1,4-5,8H,2-3,6,13H2,(H,14,15). The van der Waals surface area contributed by atoms with Crippen molar-refractivity contribution in [2.75, 3.05) is 12.3 Å². The molecule has 1 aromatic rings. The van der Waals surface area contributed by atoms with Crippen molar-refractivity contribution in [2.24, 2.45) is 0 Å². The molecule has 0 aromatic heterocycles. The normalized spacial score (nSPS) is 14.6. The average Bonchev–Trinajstić information content (AvgIpc) is 3.00. The summed E-state index contributed by atoms with van der Waals surface area (Å²) in [6.07, 6.45) is 2.03. The summed E-state index contributed by atoms with van der Waals surface area (Å²) in [5.41, 5.74) is 5.71. The Morgan fingerprint density at radius 1 is 1.56 bits per heavy atom. The van der Waals surface area contributed by atoms with Gasteiger partial charge < -0.3 is 15.8 Å². The number of halogens is 1. The van der Waals surface area contributed by atoms with Gasteiger partial charge in [-0.15, -0.1) is 0 Å². The van der Waals surface area contributed by atoms with Crippen molar-refractivity contribution in [3.05, 3.63) is 24.0 Å². The zero-order valence-electron chi connectivity index (χ0n) is 8.70. The molecule has 4 nitrogen and oxygen atoms in total. The second-order valence-electron chi connectivity index (χ2n) is 3.82. The van der Waals surface area contributed by atoms with Crippen molar-refractivity contribution in [3.63, 3.8) is 0 Å². The van der Waals surface area contributed by atoms with E-state index in [1.807, 2.05) is 0 Å². The largest absolute Gasteiger partial charge is 0.481 e.